The summed E-state index contributed by atoms with van der Waals surface area (Å²) in [6.07, 6.45) is 0. The van der Waals surface area contributed by atoms with Gasteiger partial charge in [0.25, 0.3) is 0 Å². The number of hydrogen-bond acceptors (Lipinski definition) is 2. The molecule has 0 aromatic heterocycles. The molecule has 2 rings (SSSR count). The van der Waals surface area contributed by atoms with E-state index in [-0.39, 0.29) is 5.82 Å². The fourth-order valence-electron chi connectivity index (χ4n) is 1.88. The van der Waals surface area contributed by atoms with Crippen LogP contribution < -0.4 is 10.1 Å². The summed E-state index contributed by atoms with van der Waals surface area (Å²) in [6.45, 7) is 5.58. The first-order valence-electron chi connectivity index (χ1n) is 6.87. The molecule has 0 bridgehead atoms. The predicted molar refractivity (Wildman–Crippen MR) is 80.9 cm³/mol. The third-order valence-electron chi connectivity index (χ3n) is 3.09. The van der Waals surface area contributed by atoms with Crippen LogP contribution in [0.2, 0.25) is 0 Å². The lowest BCUT2D eigenvalue weighted by Crippen LogP contribution is -2.11. The molecule has 3 heteroatoms. The highest BCUT2D eigenvalue weighted by Gasteiger charge is 1.99. The Morgan fingerprint density at radius 2 is 1.65 bits per heavy atom. The van der Waals surface area contributed by atoms with Crippen molar-refractivity contribution in [1.29, 1.82) is 0 Å². The van der Waals surface area contributed by atoms with Crippen LogP contribution in [0, 0.1) is 5.82 Å². The third kappa shape index (κ3) is 4.26. The van der Waals surface area contributed by atoms with E-state index in [4.69, 9.17) is 4.74 Å². The molecule has 2 aromatic carbocycles. The second kappa shape index (κ2) is 6.94. The zero-order valence-electron chi connectivity index (χ0n) is 11.9. The van der Waals surface area contributed by atoms with Crippen molar-refractivity contribution < 1.29 is 9.13 Å². The van der Waals surface area contributed by atoms with Crippen molar-refractivity contribution in [3.05, 3.63) is 59.9 Å². The number of benzene rings is 2. The Balaban J connectivity index is 1.74. The van der Waals surface area contributed by atoms with Crippen LogP contribution in [0.1, 0.15) is 25.3 Å². The standard InChI is InChI=1S/C17H20FNO/c1-13(2)14-3-9-17(10-4-14)20-12-11-19-16-7-5-15(18)6-8-16/h3-10,13,19H,11-12H2,1-2H3. The highest BCUT2D eigenvalue weighted by molar-refractivity contribution is 5.42. The fraction of sp³-hybridized carbons (Fsp3) is 0.294. The van der Waals surface area contributed by atoms with Crippen LogP contribution in [-0.2, 0) is 0 Å². The van der Waals surface area contributed by atoms with Crippen molar-refractivity contribution in [2.24, 2.45) is 0 Å². The SMILES string of the molecule is CC(C)c1ccc(OCCNc2ccc(F)cc2)cc1. The van der Waals surface area contributed by atoms with E-state index in [0.29, 0.717) is 19.1 Å². The van der Waals surface area contributed by atoms with Crippen LogP contribution in [0.15, 0.2) is 48.5 Å². The van der Waals surface area contributed by atoms with E-state index >= 15 is 0 Å². The topological polar surface area (TPSA) is 21.3 Å². The van der Waals surface area contributed by atoms with Crippen molar-refractivity contribution >= 4 is 5.69 Å². The molecule has 2 nitrogen and oxygen atoms in total. The van der Waals surface area contributed by atoms with Gasteiger partial charge < -0.3 is 10.1 Å². The zero-order chi connectivity index (χ0) is 14.4. The third-order valence-corrected chi connectivity index (χ3v) is 3.09. The average Bonchev–Trinajstić information content (AvgIpc) is 2.46. The summed E-state index contributed by atoms with van der Waals surface area (Å²) in [5.41, 5.74) is 2.20. The summed E-state index contributed by atoms with van der Waals surface area (Å²) in [6, 6.07) is 14.5. The van der Waals surface area contributed by atoms with Gasteiger partial charge in [-0.25, -0.2) is 4.39 Å². The van der Waals surface area contributed by atoms with E-state index in [1.54, 1.807) is 12.1 Å². The smallest absolute Gasteiger partial charge is 0.123 e. The number of rotatable bonds is 6. The molecule has 0 saturated heterocycles. The van der Waals surface area contributed by atoms with Crippen molar-refractivity contribution in [2.45, 2.75) is 19.8 Å². The molecule has 2 aromatic rings. The first-order valence-corrected chi connectivity index (χ1v) is 6.87. The Morgan fingerprint density at radius 1 is 1.00 bits per heavy atom. The van der Waals surface area contributed by atoms with Gasteiger partial charge in [-0.2, -0.15) is 0 Å². The summed E-state index contributed by atoms with van der Waals surface area (Å²) in [4.78, 5) is 0. The van der Waals surface area contributed by atoms with Crippen molar-refractivity contribution in [3.8, 4) is 5.75 Å². The maximum absolute atomic E-state index is 12.7. The van der Waals surface area contributed by atoms with Gasteiger partial charge in [0.1, 0.15) is 18.2 Å². The maximum Gasteiger partial charge on any atom is 0.123 e. The van der Waals surface area contributed by atoms with Crippen molar-refractivity contribution in [2.75, 3.05) is 18.5 Å². The van der Waals surface area contributed by atoms with Gasteiger partial charge in [-0.15, -0.1) is 0 Å². The summed E-state index contributed by atoms with van der Waals surface area (Å²) < 4.78 is 18.4. The lowest BCUT2D eigenvalue weighted by atomic mass is 10.0. The summed E-state index contributed by atoms with van der Waals surface area (Å²) in [7, 11) is 0. The monoisotopic (exact) mass is 273 g/mol. The minimum Gasteiger partial charge on any atom is -0.492 e. The second-order valence-electron chi connectivity index (χ2n) is 5.01. The highest BCUT2D eigenvalue weighted by atomic mass is 19.1. The Bertz CT molecular complexity index is 520. The lowest BCUT2D eigenvalue weighted by molar-refractivity contribution is 0.333. The molecule has 0 radical (unpaired) electrons. The predicted octanol–water partition coefficient (Wildman–Crippen LogP) is 4.44. The summed E-state index contributed by atoms with van der Waals surface area (Å²) in [5, 5.41) is 3.18. The molecule has 0 aliphatic rings. The minimum atomic E-state index is -0.225. The van der Waals surface area contributed by atoms with Gasteiger partial charge in [0.2, 0.25) is 0 Å². The van der Waals surface area contributed by atoms with Gasteiger partial charge in [-0.1, -0.05) is 26.0 Å². The first-order chi connectivity index (χ1) is 9.65. The van der Waals surface area contributed by atoms with Crippen LogP contribution >= 0.6 is 0 Å². The number of anilines is 1. The molecular weight excluding hydrogens is 253 g/mol. The quantitative estimate of drug-likeness (QED) is 0.786. The minimum absolute atomic E-state index is 0.225. The van der Waals surface area contributed by atoms with E-state index in [9.17, 15) is 4.39 Å². The van der Waals surface area contributed by atoms with Gasteiger partial charge in [0.05, 0.1) is 0 Å². The molecule has 0 spiro atoms. The van der Waals surface area contributed by atoms with Gasteiger partial charge >= 0.3 is 0 Å². The molecule has 0 aliphatic heterocycles. The largest absolute Gasteiger partial charge is 0.492 e. The molecule has 0 atom stereocenters. The molecule has 0 aliphatic carbocycles. The van der Waals surface area contributed by atoms with Crippen LogP contribution in [0.3, 0.4) is 0 Å². The number of hydrogen-bond donors (Lipinski definition) is 1. The van der Waals surface area contributed by atoms with E-state index < -0.39 is 0 Å². The maximum atomic E-state index is 12.7. The lowest BCUT2D eigenvalue weighted by Gasteiger charge is -2.10. The normalized spacial score (nSPS) is 10.6. The Kier molecular flexibility index (Phi) is 4.99. The van der Waals surface area contributed by atoms with Crippen molar-refractivity contribution in [1.82, 2.24) is 0 Å². The molecule has 0 fully saturated rings. The molecule has 0 saturated carbocycles. The second-order valence-corrected chi connectivity index (χ2v) is 5.01. The van der Waals surface area contributed by atoms with E-state index in [1.807, 2.05) is 12.1 Å². The van der Waals surface area contributed by atoms with Gasteiger partial charge in [-0.3, -0.25) is 0 Å². The molecular formula is C17H20FNO. The highest BCUT2D eigenvalue weighted by Crippen LogP contribution is 2.18. The van der Waals surface area contributed by atoms with Gasteiger partial charge in [0.15, 0.2) is 0 Å². The molecule has 0 heterocycles. The Labute approximate surface area is 119 Å². The molecule has 0 amide bonds. The van der Waals surface area contributed by atoms with Crippen LogP contribution in [-0.4, -0.2) is 13.2 Å². The van der Waals surface area contributed by atoms with E-state index in [0.717, 1.165) is 11.4 Å². The Morgan fingerprint density at radius 3 is 2.25 bits per heavy atom. The van der Waals surface area contributed by atoms with Crippen LogP contribution in [0.4, 0.5) is 10.1 Å². The number of ether oxygens (including phenoxy) is 1. The van der Waals surface area contributed by atoms with E-state index in [2.05, 4.69) is 31.3 Å². The zero-order valence-corrected chi connectivity index (χ0v) is 11.9. The van der Waals surface area contributed by atoms with Gasteiger partial charge in [-0.05, 0) is 47.9 Å². The average molecular weight is 273 g/mol. The fourth-order valence-corrected chi connectivity index (χ4v) is 1.88. The molecule has 0 unspecified atom stereocenters. The number of halogens is 1. The molecule has 106 valence electrons. The summed E-state index contributed by atoms with van der Waals surface area (Å²) >= 11 is 0. The summed E-state index contributed by atoms with van der Waals surface area (Å²) in [5.74, 6) is 1.18. The molecule has 1 N–H and O–H groups in total. The molecule has 20 heavy (non-hydrogen) atoms. The van der Waals surface area contributed by atoms with Crippen molar-refractivity contribution in [3.63, 3.8) is 0 Å². The van der Waals surface area contributed by atoms with Crippen LogP contribution in [0.5, 0.6) is 5.75 Å². The number of nitrogens with one attached hydrogen (secondary N) is 1. The Hall–Kier alpha value is -2.03. The first kappa shape index (κ1) is 14.4. The van der Waals surface area contributed by atoms with E-state index in [1.165, 1.54) is 17.7 Å². The van der Waals surface area contributed by atoms with Gasteiger partial charge in [0, 0.05) is 12.2 Å². The van der Waals surface area contributed by atoms with Crippen LogP contribution in [0.25, 0.3) is 0 Å².